The van der Waals surface area contributed by atoms with Gasteiger partial charge in [0.1, 0.15) is 0 Å². The molecule has 1 unspecified atom stereocenters. The number of carbonyl (C=O) groups excluding carboxylic acids is 1. The van der Waals surface area contributed by atoms with E-state index in [-0.39, 0.29) is 36.2 Å². The van der Waals surface area contributed by atoms with Crippen LogP contribution in [0.15, 0.2) is 12.1 Å². The Morgan fingerprint density at radius 3 is 3.22 bits per heavy atom. The van der Waals surface area contributed by atoms with E-state index in [2.05, 4.69) is 4.90 Å². The van der Waals surface area contributed by atoms with Gasteiger partial charge in [0.15, 0.2) is 23.4 Å². The summed E-state index contributed by atoms with van der Waals surface area (Å²) in [4.78, 5) is 15.0. The number of methoxy groups -OCH3 is 1. The number of benzene rings is 1. The van der Waals surface area contributed by atoms with Gasteiger partial charge < -0.3 is 19.5 Å². The van der Waals surface area contributed by atoms with E-state index in [4.69, 9.17) is 15.0 Å². The Hall–Kier alpha value is -1.59. The molecular weight excluding hydrogens is 294 g/mol. The third kappa shape index (κ3) is 1.32. The number of hydrogen-bond acceptors (Lipinski definition) is 5. The predicted octanol–water partition coefficient (Wildman–Crippen LogP) is 1.05. The lowest BCUT2D eigenvalue weighted by Gasteiger charge is -2.62. The highest BCUT2D eigenvalue weighted by atomic mass is 16.5. The summed E-state index contributed by atoms with van der Waals surface area (Å²) in [7, 11) is -0.732. The van der Waals surface area contributed by atoms with E-state index >= 15 is 0 Å². The van der Waals surface area contributed by atoms with Crippen molar-refractivity contribution >= 4 is 5.78 Å². The molecule has 1 aromatic carbocycles. The Bertz CT molecular complexity index is 874. The summed E-state index contributed by atoms with van der Waals surface area (Å²) in [6.45, 7) is 0.619. The van der Waals surface area contributed by atoms with Gasteiger partial charge in [-0.3, -0.25) is 4.79 Å². The molecule has 2 aliphatic carbocycles. The first-order valence-electron chi connectivity index (χ1n) is 10.0. The van der Waals surface area contributed by atoms with E-state index < -0.39 is 24.1 Å². The molecule has 0 amide bonds. The minimum atomic E-state index is -2.68. The van der Waals surface area contributed by atoms with Crippen LogP contribution in [0.1, 0.15) is 35.9 Å². The second-order valence-electron chi connectivity index (χ2n) is 7.16. The second-order valence-corrected chi connectivity index (χ2v) is 7.16. The maximum Gasteiger partial charge on any atom is 0.174 e. The fraction of sp³-hybridized carbons (Fsp3) is 0.611. The highest BCUT2D eigenvalue weighted by Gasteiger charge is 2.72. The number of Topliss-reactive ketones (excluding diaryl/α,β-unsaturated/α-hetero) is 1. The molecule has 5 rings (SSSR count). The van der Waals surface area contributed by atoms with Crippen LogP contribution in [0.3, 0.4) is 0 Å². The van der Waals surface area contributed by atoms with E-state index in [0.717, 1.165) is 5.56 Å². The van der Waals surface area contributed by atoms with Gasteiger partial charge in [-0.25, -0.2) is 0 Å². The van der Waals surface area contributed by atoms with Crippen LogP contribution in [0.2, 0.25) is 0 Å². The van der Waals surface area contributed by atoms with Crippen molar-refractivity contribution in [3.05, 3.63) is 23.3 Å². The molecule has 5 heteroatoms. The van der Waals surface area contributed by atoms with Crippen LogP contribution in [-0.2, 0) is 16.6 Å². The number of nitrogens with zero attached hydrogens (tertiary/aromatic N) is 1. The molecule has 1 aromatic rings. The highest BCUT2D eigenvalue weighted by molar-refractivity contribution is 5.90. The van der Waals surface area contributed by atoms with Crippen LogP contribution in [-0.4, -0.2) is 54.1 Å². The van der Waals surface area contributed by atoms with Gasteiger partial charge in [-0.15, -0.1) is 0 Å². The van der Waals surface area contributed by atoms with Crippen LogP contribution in [0, 0.1) is 0 Å². The van der Waals surface area contributed by atoms with Crippen molar-refractivity contribution in [2.45, 2.75) is 48.8 Å². The van der Waals surface area contributed by atoms with E-state index in [1.165, 1.54) is 6.07 Å². The van der Waals surface area contributed by atoms with Gasteiger partial charge in [0, 0.05) is 18.0 Å². The number of ether oxygens (including phenoxy) is 2. The third-order valence-electron chi connectivity index (χ3n) is 6.40. The predicted molar refractivity (Wildman–Crippen MR) is 83.0 cm³/mol. The second kappa shape index (κ2) is 4.08. The Morgan fingerprint density at radius 1 is 1.52 bits per heavy atom. The van der Waals surface area contributed by atoms with Gasteiger partial charge in [-0.1, -0.05) is 6.07 Å². The maximum absolute atomic E-state index is 12.9. The molecule has 2 heterocycles. The van der Waals surface area contributed by atoms with E-state index in [0.29, 0.717) is 24.9 Å². The standard InChI is InChI=1S/C18H21NO4/c1-19-8-7-17-14-10-3-4-12(22-2)15(14)23-16(17)11(20)5-6-18(17,21)13(19)9-10/h3-4,13,16,21H,5-9H2,1-2H3/t13-,16?,17+,18-/m1/s1/i2D3,16D. The van der Waals surface area contributed by atoms with Crippen molar-refractivity contribution < 1.29 is 24.9 Å². The Morgan fingerprint density at radius 2 is 2.39 bits per heavy atom. The number of carbonyl (C=O) groups is 1. The average Bonchev–Trinajstić information content (AvgIpc) is 2.85. The number of piperidine rings is 1. The first-order valence-corrected chi connectivity index (χ1v) is 8.04. The molecule has 1 spiro atoms. The largest absolute Gasteiger partial charge is 0.493 e. The molecule has 4 atom stereocenters. The van der Waals surface area contributed by atoms with Crippen molar-refractivity contribution in [1.82, 2.24) is 4.90 Å². The van der Waals surface area contributed by atoms with Crippen molar-refractivity contribution in [2.75, 3.05) is 20.6 Å². The fourth-order valence-corrected chi connectivity index (χ4v) is 5.37. The summed E-state index contributed by atoms with van der Waals surface area (Å²) in [5.74, 6) is -0.244. The van der Waals surface area contributed by atoms with Crippen LogP contribution >= 0.6 is 0 Å². The van der Waals surface area contributed by atoms with Crippen LogP contribution in [0.25, 0.3) is 0 Å². The molecule has 1 saturated carbocycles. The van der Waals surface area contributed by atoms with Gasteiger partial charge in [0.2, 0.25) is 0 Å². The van der Waals surface area contributed by atoms with Gasteiger partial charge >= 0.3 is 0 Å². The van der Waals surface area contributed by atoms with Gasteiger partial charge in [-0.2, -0.15) is 0 Å². The summed E-state index contributed by atoms with van der Waals surface area (Å²) >= 11 is 0. The van der Waals surface area contributed by atoms with Gasteiger partial charge in [0.05, 0.1) is 23.5 Å². The molecular formula is C18H21NO4. The monoisotopic (exact) mass is 319 g/mol. The third-order valence-corrected chi connectivity index (χ3v) is 6.40. The lowest BCUT2D eigenvalue weighted by molar-refractivity contribution is -0.185. The summed E-state index contributed by atoms with van der Waals surface area (Å²) < 4.78 is 42.3. The van der Waals surface area contributed by atoms with Gasteiger partial charge in [-0.05, 0) is 44.5 Å². The molecule has 2 aliphatic heterocycles. The Balaban J connectivity index is 1.82. The number of likely N-dealkylation sites (N-methyl/N-ethyl adjacent to an activating group) is 1. The van der Waals surface area contributed by atoms with Gasteiger partial charge in [0.25, 0.3) is 0 Å². The normalized spacial score (nSPS) is 46.9. The van der Waals surface area contributed by atoms with Crippen molar-refractivity contribution in [3.63, 3.8) is 0 Å². The van der Waals surface area contributed by atoms with Crippen LogP contribution < -0.4 is 9.47 Å². The average molecular weight is 319 g/mol. The lowest BCUT2D eigenvalue weighted by Crippen LogP contribution is -2.76. The first kappa shape index (κ1) is 10.3. The zero-order valence-electron chi connectivity index (χ0n) is 16.9. The van der Waals surface area contributed by atoms with Crippen LogP contribution in [0.5, 0.6) is 11.5 Å². The minimum absolute atomic E-state index is 0.00308. The first-order chi connectivity index (χ1) is 12.5. The molecule has 23 heavy (non-hydrogen) atoms. The Labute approximate surface area is 140 Å². The molecule has 0 aromatic heterocycles. The quantitative estimate of drug-likeness (QED) is 0.838. The zero-order valence-corrected chi connectivity index (χ0v) is 12.9. The molecule has 4 aliphatic rings. The molecule has 1 saturated heterocycles. The summed E-state index contributed by atoms with van der Waals surface area (Å²) in [6, 6.07) is 3.09. The molecule has 0 radical (unpaired) electrons. The molecule has 122 valence electrons. The topological polar surface area (TPSA) is 59.0 Å². The molecule has 5 nitrogen and oxygen atoms in total. The smallest absolute Gasteiger partial charge is 0.174 e. The zero-order chi connectivity index (χ0) is 19.4. The summed E-state index contributed by atoms with van der Waals surface area (Å²) in [5, 5.41) is 11.8. The maximum atomic E-state index is 12.9. The van der Waals surface area contributed by atoms with Crippen molar-refractivity contribution in [1.29, 1.82) is 0 Å². The van der Waals surface area contributed by atoms with Crippen molar-refractivity contribution in [3.8, 4) is 11.5 Å². The fourth-order valence-electron chi connectivity index (χ4n) is 5.37. The number of likely N-dealkylation sites (tertiary alicyclic amines) is 1. The van der Waals surface area contributed by atoms with Crippen molar-refractivity contribution in [2.24, 2.45) is 0 Å². The number of hydrogen-bond donors (Lipinski definition) is 1. The van der Waals surface area contributed by atoms with E-state index in [1.807, 2.05) is 7.05 Å². The highest BCUT2D eigenvalue weighted by Crippen LogP contribution is 2.64. The SMILES string of the molecule is [2H]C([2H])([2H])Oc1ccc2c3c1OC1([2H])C(=O)CC[C@@]4(O)[C@@H](C2)N(C)CC[C@]314. The molecule has 1 N–H and O–H groups in total. The number of rotatable bonds is 1. The minimum Gasteiger partial charge on any atom is -0.493 e. The molecule has 2 bridgehead atoms. The van der Waals surface area contributed by atoms with Crippen LogP contribution in [0.4, 0.5) is 0 Å². The molecule has 2 fully saturated rings. The van der Waals surface area contributed by atoms with E-state index in [1.54, 1.807) is 6.07 Å². The summed E-state index contributed by atoms with van der Waals surface area (Å²) in [5.41, 5.74) is -1.01. The summed E-state index contributed by atoms with van der Waals surface area (Å²) in [6.07, 6.45) is -0.689. The number of ketones is 1. The van der Waals surface area contributed by atoms with E-state index in [9.17, 15) is 9.90 Å². The Kier molecular flexibility index (Phi) is 1.83. The number of aliphatic hydroxyl groups is 1. The lowest BCUT2D eigenvalue weighted by atomic mass is 9.49.